The third-order valence-corrected chi connectivity index (χ3v) is 3.37. The SMILES string of the molecule is COC(=O)c1ccc(OCCCN2CCOCC2)cc1O. The van der Waals surface area contributed by atoms with E-state index in [4.69, 9.17) is 9.47 Å². The van der Waals surface area contributed by atoms with E-state index in [0.29, 0.717) is 12.4 Å². The van der Waals surface area contributed by atoms with Crippen LogP contribution in [0.4, 0.5) is 0 Å². The van der Waals surface area contributed by atoms with E-state index in [1.807, 2.05) is 0 Å². The molecule has 0 saturated carbocycles. The lowest BCUT2D eigenvalue weighted by molar-refractivity contribution is 0.0358. The van der Waals surface area contributed by atoms with Crippen LogP contribution in [-0.4, -0.2) is 62.5 Å². The zero-order valence-electron chi connectivity index (χ0n) is 12.2. The van der Waals surface area contributed by atoms with Gasteiger partial charge in [-0.15, -0.1) is 0 Å². The number of phenolic OH excluding ortho intramolecular Hbond substituents is 1. The van der Waals surface area contributed by atoms with Crippen LogP contribution in [-0.2, 0) is 9.47 Å². The van der Waals surface area contributed by atoms with E-state index in [1.165, 1.54) is 19.2 Å². The van der Waals surface area contributed by atoms with Crippen LogP contribution >= 0.6 is 0 Å². The van der Waals surface area contributed by atoms with Gasteiger partial charge in [0.2, 0.25) is 0 Å². The largest absolute Gasteiger partial charge is 0.507 e. The number of methoxy groups -OCH3 is 1. The maximum absolute atomic E-state index is 11.3. The number of hydrogen-bond acceptors (Lipinski definition) is 6. The lowest BCUT2D eigenvalue weighted by Gasteiger charge is -2.26. The fraction of sp³-hybridized carbons (Fsp3) is 0.533. The van der Waals surface area contributed by atoms with Crippen LogP contribution in [0.15, 0.2) is 18.2 Å². The zero-order valence-corrected chi connectivity index (χ0v) is 12.2. The Morgan fingerprint density at radius 1 is 1.38 bits per heavy atom. The van der Waals surface area contributed by atoms with Crippen molar-refractivity contribution in [1.82, 2.24) is 4.90 Å². The van der Waals surface area contributed by atoms with Gasteiger partial charge >= 0.3 is 5.97 Å². The molecule has 6 heteroatoms. The molecule has 0 aromatic heterocycles. The first-order valence-electron chi connectivity index (χ1n) is 7.05. The first-order valence-corrected chi connectivity index (χ1v) is 7.05. The number of carbonyl (C=O) groups excluding carboxylic acids is 1. The summed E-state index contributed by atoms with van der Waals surface area (Å²) in [5.74, 6) is -0.152. The summed E-state index contributed by atoms with van der Waals surface area (Å²) >= 11 is 0. The Morgan fingerprint density at radius 3 is 2.81 bits per heavy atom. The van der Waals surface area contributed by atoms with Crippen LogP contribution in [0, 0.1) is 0 Å². The summed E-state index contributed by atoms with van der Waals surface area (Å²) in [6.07, 6.45) is 0.902. The van der Waals surface area contributed by atoms with Crippen molar-refractivity contribution in [2.45, 2.75) is 6.42 Å². The second-order valence-corrected chi connectivity index (χ2v) is 4.83. The highest BCUT2D eigenvalue weighted by atomic mass is 16.5. The summed E-state index contributed by atoms with van der Waals surface area (Å²) < 4.78 is 15.4. The Kier molecular flexibility index (Phi) is 5.83. The Hall–Kier alpha value is -1.79. The zero-order chi connectivity index (χ0) is 15.1. The first-order chi connectivity index (χ1) is 10.2. The molecule has 116 valence electrons. The number of aromatic hydroxyl groups is 1. The monoisotopic (exact) mass is 295 g/mol. The molecule has 1 saturated heterocycles. The van der Waals surface area contributed by atoms with Crippen LogP contribution in [0.1, 0.15) is 16.8 Å². The molecule has 21 heavy (non-hydrogen) atoms. The minimum atomic E-state index is -0.564. The van der Waals surface area contributed by atoms with Gasteiger partial charge in [0.15, 0.2) is 0 Å². The van der Waals surface area contributed by atoms with Crippen LogP contribution in [0.3, 0.4) is 0 Å². The second-order valence-electron chi connectivity index (χ2n) is 4.83. The molecule has 1 aliphatic rings. The van der Waals surface area contributed by atoms with Crippen molar-refractivity contribution < 1.29 is 24.1 Å². The fourth-order valence-corrected chi connectivity index (χ4v) is 2.19. The topological polar surface area (TPSA) is 68.2 Å². The molecule has 0 unspecified atom stereocenters. The average molecular weight is 295 g/mol. The van der Waals surface area contributed by atoms with Gasteiger partial charge < -0.3 is 19.3 Å². The molecular formula is C15H21NO5. The molecule has 1 heterocycles. The second kappa shape index (κ2) is 7.85. The Labute approximate surface area is 124 Å². The Morgan fingerprint density at radius 2 is 2.14 bits per heavy atom. The molecule has 1 N–H and O–H groups in total. The normalized spacial score (nSPS) is 15.7. The third kappa shape index (κ3) is 4.61. The van der Waals surface area contributed by atoms with E-state index >= 15 is 0 Å². The number of morpholine rings is 1. The predicted molar refractivity (Wildman–Crippen MR) is 76.8 cm³/mol. The smallest absolute Gasteiger partial charge is 0.341 e. The van der Waals surface area contributed by atoms with Crippen molar-refractivity contribution in [3.8, 4) is 11.5 Å². The van der Waals surface area contributed by atoms with Crippen molar-refractivity contribution in [2.75, 3.05) is 46.6 Å². The molecule has 1 aromatic carbocycles. The third-order valence-electron chi connectivity index (χ3n) is 3.37. The molecule has 0 amide bonds. The summed E-state index contributed by atoms with van der Waals surface area (Å²) in [4.78, 5) is 13.7. The van der Waals surface area contributed by atoms with Crippen molar-refractivity contribution in [3.63, 3.8) is 0 Å². The van der Waals surface area contributed by atoms with Crippen LogP contribution in [0.25, 0.3) is 0 Å². The summed E-state index contributed by atoms with van der Waals surface area (Å²) in [7, 11) is 1.28. The number of benzene rings is 1. The van der Waals surface area contributed by atoms with Crippen molar-refractivity contribution >= 4 is 5.97 Å². The van der Waals surface area contributed by atoms with Gasteiger partial charge in [-0.05, 0) is 18.6 Å². The van der Waals surface area contributed by atoms with E-state index in [2.05, 4.69) is 9.64 Å². The van der Waals surface area contributed by atoms with Crippen LogP contribution in [0.5, 0.6) is 11.5 Å². The Balaban J connectivity index is 1.75. The number of rotatable bonds is 6. The van der Waals surface area contributed by atoms with Crippen molar-refractivity contribution in [1.29, 1.82) is 0 Å². The van der Waals surface area contributed by atoms with Crippen molar-refractivity contribution in [2.24, 2.45) is 0 Å². The molecule has 1 aliphatic heterocycles. The molecule has 0 atom stereocenters. The van der Waals surface area contributed by atoms with Gasteiger partial charge in [-0.2, -0.15) is 0 Å². The van der Waals surface area contributed by atoms with Gasteiger partial charge in [0.25, 0.3) is 0 Å². The molecule has 0 aliphatic carbocycles. The minimum absolute atomic E-state index is 0.132. The number of hydrogen-bond donors (Lipinski definition) is 1. The first kappa shape index (κ1) is 15.6. The van der Waals surface area contributed by atoms with Crippen molar-refractivity contribution in [3.05, 3.63) is 23.8 Å². The molecule has 1 aromatic rings. The highest BCUT2D eigenvalue weighted by molar-refractivity contribution is 5.92. The maximum atomic E-state index is 11.3. The van der Waals surface area contributed by atoms with Gasteiger partial charge in [-0.1, -0.05) is 0 Å². The van der Waals surface area contributed by atoms with Crippen LogP contribution in [0.2, 0.25) is 0 Å². The van der Waals surface area contributed by atoms with E-state index < -0.39 is 5.97 Å². The number of nitrogens with zero attached hydrogens (tertiary/aromatic N) is 1. The number of phenols is 1. The lowest BCUT2D eigenvalue weighted by atomic mass is 10.2. The van der Waals surface area contributed by atoms with Crippen LogP contribution < -0.4 is 4.74 Å². The summed E-state index contributed by atoms with van der Waals surface area (Å²) in [5.41, 5.74) is 0.137. The quantitative estimate of drug-likeness (QED) is 0.630. The maximum Gasteiger partial charge on any atom is 0.341 e. The molecule has 0 bridgehead atoms. The van der Waals surface area contributed by atoms with E-state index in [9.17, 15) is 9.90 Å². The lowest BCUT2D eigenvalue weighted by Crippen LogP contribution is -2.37. The highest BCUT2D eigenvalue weighted by Crippen LogP contribution is 2.24. The van der Waals surface area contributed by atoms with E-state index in [1.54, 1.807) is 6.07 Å². The summed E-state index contributed by atoms with van der Waals surface area (Å²) in [6, 6.07) is 4.58. The number of esters is 1. The summed E-state index contributed by atoms with van der Waals surface area (Å²) in [5, 5.41) is 9.75. The van der Waals surface area contributed by atoms with E-state index in [0.717, 1.165) is 39.3 Å². The highest BCUT2D eigenvalue weighted by Gasteiger charge is 2.12. The minimum Gasteiger partial charge on any atom is -0.507 e. The molecule has 0 radical (unpaired) electrons. The molecule has 2 rings (SSSR count). The van der Waals surface area contributed by atoms with Gasteiger partial charge in [0.05, 0.1) is 26.9 Å². The van der Waals surface area contributed by atoms with Gasteiger partial charge in [-0.25, -0.2) is 4.79 Å². The van der Waals surface area contributed by atoms with Gasteiger partial charge in [0, 0.05) is 25.7 Å². The molecular weight excluding hydrogens is 274 g/mol. The van der Waals surface area contributed by atoms with Gasteiger partial charge in [0.1, 0.15) is 17.1 Å². The number of carbonyl (C=O) groups is 1. The fourth-order valence-electron chi connectivity index (χ4n) is 2.19. The molecule has 6 nitrogen and oxygen atoms in total. The summed E-state index contributed by atoms with van der Waals surface area (Å²) in [6.45, 7) is 5.06. The van der Waals surface area contributed by atoms with E-state index in [-0.39, 0.29) is 11.3 Å². The predicted octanol–water partition coefficient (Wildman–Crippen LogP) is 1.28. The standard InChI is InChI=1S/C15H21NO5/c1-19-15(18)13-4-3-12(11-14(13)17)21-8-2-5-16-6-9-20-10-7-16/h3-4,11,17H,2,5-10H2,1H3. The number of ether oxygens (including phenoxy) is 3. The molecule has 0 spiro atoms. The van der Waals surface area contributed by atoms with Gasteiger partial charge in [-0.3, -0.25) is 4.90 Å². The average Bonchev–Trinajstić information content (AvgIpc) is 2.52. The Bertz CT molecular complexity index is 471. The molecule has 1 fully saturated rings.